The number of rotatable bonds is 2. The molecule has 2 rings (SSSR count). The van der Waals surface area contributed by atoms with Crippen LogP contribution >= 0.6 is 0 Å². The van der Waals surface area contributed by atoms with Crippen molar-refractivity contribution in [2.24, 2.45) is 11.7 Å². The van der Waals surface area contributed by atoms with Gasteiger partial charge in [0.25, 0.3) is 0 Å². The zero-order valence-corrected chi connectivity index (χ0v) is 9.15. The van der Waals surface area contributed by atoms with Crippen LogP contribution in [0.25, 0.3) is 0 Å². The number of methoxy groups -OCH3 is 1. The van der Waals surface area contributed by atoms with Crippen LogP contribution in [0.15, 0.2) is 0 Å². The van der Waals surface area contributed by atoms with Gasteiger partial charge < -0.3 is 15.2 Å². The first-order valence-corrected chi connectivity index (χ1v) is 5.68. The molecular weight excluding hydrogens is 194 g/mol. The molecule has 0 amide bonds. The molecule has 0 radical (unpaired) electrons. The lowest BCUT2D eigenvalue weighted by molar-refractivity contribution is -0.143. The highest BCUT2D eigenvalue weighted by molar-refractivity contribution is 5.69. The van der Waals surface area contributed by atoms with Crippen molar-refractivity contribution in [2.75, 3.05) is 7.11 Å². The van der Waals surface area contributed by atoms with Crippen molar-refractivity contribution >= 4 is 5.97 Å². The van der Waals surface area contributed by atoms with E-state index in [4.69, 9.17) is 10.5 Å². The molecule has 0 unspecified atom stereocenters. The van der Waals surface area contributed by atoms with E-state index in [0.29, 0.717) is 12.3 Å². The minimum absolute atomic E-state index is 0.0246. The first-order valence-electron chi connectivity index (χ1n) is 5.68. The highest BCUT2D eigenvalue weighted by atomic mass is 16.5. The summed E-state index contributed by atoms with van der Waals surface area (Å²) < 4.78 is 10.5. The monoisotopic (exact) mass is 213 g/mol. The number of hydrogen-bond donors (Lipinski definition) is 1. The molecule has 4 nitrogen and oxygen atoms in total. The Morgan fingerprint density at radius 1 is 1.53 bits per heavy atom. The summed E-state index contributed by atoms with van der Waals surface area (Å²) in [5.74, 6) is 0.264. The van der Waals surface area contributed by atoms with Gasteiger partial charge >= 0.3 is 5.97 Å². The summed E-state index contributed by atoms with van der Waals surface area (Å²) in [5, 5.41) is 0. The number of ether oxygens (including phenoxy) is 2. The summed E-state index contributed by atoms with van der Waals surface area (Å²) >= 11 is 0. The van der Waals surface area contributed by atoms with Crippen LogP contribution < -0.4 is 5.73 Å². The van der Waals surface area contributed by atoms with E-state index < -0.39 is 0 Å². The summed E-state index contributed by atoms with van der Waals surface area (Å²) in [5.41, 5.74) is 6.05. The van der Waals surface area contributed by atoms with Crippen LogP contribution in [-0.2, 0) is 14.3 Å². The smallest absolute Gasteiger partial charge is 0.308 e. The van der Waals surface area contributed by atoms with Gasteiger partial charge in [-0.15, -0.1) is 0 Å². The second-order valence-electron chi connectivity index (χ2n) is 4.57. The molecule has 1 aliphatic heterocycles. The maximum absolute atomic E-state index is 11.1. The average molecular weight is 213 g/mol. The van der Waals surface area contributed by atoms with E-state index in [-0.39, 0.29) is 24.2 Å². The number of carbonyl (C=O) groups is 1. The number of nitrogens with two attached hydrogens (primary N) is 1. The molecule has 0 aromatic rings. The maximum Gasteiger partial charge on any atom is 0.308 e. The van der Waals surface area contributed by atoms with Gasteiger partial charge in [0, 0.05) is 12.0 Å². The quantitative estimate of drug-likeness (QED) is 0.690. The SMILES string of the molecule is COC(=O)C[C@@H]1C[C@@H]2[C@H](N)CCC[C@H]2O1. The normalized spacial score (nSPS) is 39.9. The summed E-state index contributed by atoms with van der Waals surface area (Å²) in [6.07, 6.45) is 4.93. The van der Waals surface area contributed by atoms with Crippen LogP contribution in [0.1, 0.15) is 32.1 Å². The summed E-state index contributed by atoms with van der Waals surface area (Å²) in [6, 6.07) is 0.256. The van der Waals surface area contributed by atoms with Crippen LogP contribution in [0.2, 0.25) is 0 Å². The topological polar surface area (TPSA) is 61.5 Å². The van der Waals surface area contributed by atoms with E-state index in [2.05, 4.69) is 4.74 Å². The molecule has 4 atom stereocenters. The van der Waals surface area contributed by atoms with Gasteiger partial charge in [-0.05, 0) is 25.7 Å². The molecule has 4 heteroatoms. The Morgan fingerprint density at radius 2 is 2.33 bits per heavy atom. The molecule has 0 aromatic carbocycles. The van der Waals surface area contributed by atoms with E-state index >= 15 is 0 Å². The van der Waals surface area contributed by atoms with Crippen LogP contribution in [0.4, 0.5) is 0 Å². The molecule has 2 N–H and O–H groups in total. The summed E-state index contributed by atoms with van der Waals surface area (Å²) in [6.45, 7) is 0. The average Bonchev–Trinajstić information content (AvgIpc) is 2.62. The third kappa shape index (κ3) is 2.32. The van der Waals surface area contributed by atoms with Gasteiger partial charge in [-0.25, -0.2) is 0 Å². The summed E-state index contributed by atoms with van der Waals surface area (Å²) in [7, 11) is 1.41. The zero-order valence-electron chi connectivity index (χ0n) is 9.15. The van der Waals surface area contributed by atoms with E-state index in [1.54, 1.807) is 0 Å². The Morgan fingerprint density at radius 3 is 3.00 bits per heavy atom. The van der Waals surface area contributed by atoms with E-state index in [1.807, 2.05) is 0 Å². The fourth-order valence-corrected chi connectivity index (χ4v) is 2.76. The minimum atomic E-state index is -0.188. The molecule has 0 bridgehead atoms. The van der Waals surface area contributed by atoms with Gasteiger partial charge in [0.1, 0.15) is 0 Å². The number of esters is 1. The van der Waals surface area contributed by atoms with Crippen molar-refractivity contribution in [2.45, 2.75) is 50.4 Å². The first kappa shape index (κ1) is 10.9. The standard InChI is InChI=1S/C11H19NO3/c1-14-11(13)6-7-5-8-9(12)3-2-4-10(8)15-7/h7-10H,2-6,12H2,1H3/t7-,8+,9+,10+/m0/s1. The van der Waals surface area contributed by atoms with Crippen LogP contribution in [0.3, 0.4) is 0 Å². The van der Waals surface area contributed by atoms with Crippen LogP contribution in [-0.4, -0.2) is 31.3 Å². The molecule has 86 valence electrons. The molecule has 1 heterocycles. The van der Waals surface area contributed by atoms with Crippen molar-refractivity contribution in [3.8, 4) is 0 Å². The lowest BCUT2D eigenvalue weighted by Gasteiger charge is -2.29. The Kier molecular flexibility index (Phi) is 3.26. The van der Waals surface area contributed by atoms with Gasteiger partial charge in [-0.1, -0.05) is 0 Å². The Labute approximate surface area is 90.1 Å². The first-order chi connectivity index (χ1) is 7.20. The molecular formula is C11H19NO3. The molecule has 2 aliphatic rings. The fraction of sp³-hybridized carbons (Fsp3) is 0.909. The Balaban J connectivity index is 1.89. The molecule has 1 saturated heterocycles. The summed E-state index contributed by atoms with van der Waals surface area (Å²) in [4.78, 5) is 11.1. The van der Waals surface area contributed by atoms with E-state index in [9.17, 15) is 4.79 Å². The molecule has 15 heavy (non-hydrogen) atoms. The van der Waals surface area contributed by atoms with Gasteiger partial charge in [-0.2, -0.15) is 0 Å². The van der Waals surface area contributed by atoms with Gasteiger partial charge in [-0.3, -0.25) is 4.79 Å². The molecule has 1 aliphatic carbocycles. The number of carbonyl (C=O) groups excluding carboxylic acids is 1. The molecule has 1 saturated carbocycles. The minimum Gasteiger partial charge on any atom is -0.469 e. The van der Waals surface area contributed by atoms with Crippen LogP contribution in [0, 0.1) is 5.92 Å². The number of hydrogen-bond acceptors (Lipinski definition) is 4. The molecule has 0 aromatic heterocycles. The number of fused-ring (bicyclic) bond motifs is 1. The molecule has 2 fully saturated rings. The predicted octanol–water partition coefficient (Wildman–Crippen LogP) is 0.834. The second-order valence-corrected chi connectivity index (χ2v) is 4.57. The van der Waals surface area contributed by atoms with Crippen molar-refractivity contribution < 1.29 is 14.3 Å². The van der Waals surface area contributed by atoms with Gasteiger partial charge in [0.05, 0.1) is 25.7 Å². The highest BCUT2D eigenvalue weighted by Gasteiger charge is 2.41. The fourth-order valence-electron chi connectivity index (χ4n) is 2.76. The van der Waals surface area contributed by atoms with E-state index in [1.165, 1.54) is 7.11 Å². The van der Waals surface area contributed by atoms with Crippen molar-refractivity contribution in [1.82, 2.24) is 0 Å². The third-order valence-corrected chi connectivity index (χ3v) is 3.58. The molecule has 0 spiro atoms. The van der Waals surface area contributed by atoms with Crippen LogP contribution in [0.5, 0.6) is 0 Å². The zero-order chi connectivity index (χ0) is 10.8. The highest BCUT2D eigenvalue weighted by Crippen LogP contribution is 2.37. The van der Waals surface area contributed by atoms with E-state index in [0.717, 1.165) is 25.7 Å². The Bertz CT molecular complexity index is 244. The van der Waals surface area contributed by atoms with Gasteiger partial charge in [0.15, 0.2) is 0 Å². The maximum atomic E-state index is 11.1. The van der Waals surface area contributed by atoms with Crippen molar-refractivity contribution in [1.29, 1.82) is 0 Å². The Hall–Kier alpha value is -0.610. The largest absolute Gasteiger partial charge is 0.469 e. The predicted molar refractivity (Wildman–Crippen MR) is 55.2 cm³/mol. The van der Waals surface area contributed by atoms with Crippen molar-refractivity contribution in [3.63, 3.8) is 0 Å². The second kappa shape index (κ2) is 4.49. The third-order valence-electron chi connectivity index (χ3n) is 3.58. The van der Waals surface area contributed by atoms with Gasteiger partial charge in [0.2, 0.25) is 0 Å². The lowest BCUT2D eigenvalue weighted by Crippen LogP contribution is -2.38. The lowest BCUT2D eigenvalue weighted by atomic mass is 9.81. The van der Waals surface area contributed by atoms with Crippen molar-refractivity contribution in [3.05, 3.63) is 0 Å².